The molecule has 0 spiro atoms. The van der Waals surface area contributed by atoms with Crippen molar-refractivity contribution in [2.45, 2.75) is 72.8 Å². The Bertz CT molecular complexity index is 253. The molecule has 20 heavy (non-hydrogen) atoms. The average molecular weight is 283 g/mol. The van der Waals surface area contributed by atoms with Crippen LogP contribution in [0.5, 0.6) is 0 Å². The van der Waals surface area contributed by atoms with Crippen LogP contribution in [-0.2, 0) is 0 Å². The Kier molecular flexibility index (Phi) is 7.00. The quantitative estimate of drug-likeness (QED) is 0.760. The molecule has 1 rings (SSSR count). The molecule has 1 fully saturated rings. The van der Waals surface area contributed by atoms with Crippen LogP contribution in [0.3, 0.4) is 0 Å². The average Bonchev–Trinajstić information content (AvgIpc) is 2.36. The second-order valence-electron chi connectivity index (χ2n) is 8.20. The molecular weight excluding hydrogens is 244 g/mol. The molecule has 0 aliphatic heterocycles. The normalized spacial score (nSPS) is 28.1. The van der Waals surface area contributed by atoms with E-state index in [-0.39, 0.29) is 5.54 Å². The predicted molar refractivity (Wildman–Crippen MR) is 89.8 cm³/mol. The number of nitrogens with zero attached hydrogens (tertiary/aromatic N) is 1. The summed E-state index contributed by atoms with van der Waals surface area (Å²) in [5.41, 5.74) is 6.55. The third-order valence-corrected chi connectivity index (χ3v) is 5.13. The van der Waals surface area contributed by atoms with E-state index in [1.807, 2.05) is 0 Å². The van der Waals surface area contributed by atoms with Crippen molar-refractivity contribution in [2.75, 3.05) is 19.6 Å². The van der Waals surface area contributed by atoms with Crippen molar-refractivity contribution in [1.29, 1.82) is 0 Å². The highest BCUT2D eigenvalue weighted by atomic mass is 15.2. The standard InChI is InChI=1S/C18H38N2/c1-14(2)11-20(12-15(3)4)18(13-19)9-7-17(8-10-18)16(5)6/h14-17H,7-13,19H2,1-6H3. The minimum absolute atomic E-state index is 0.278. The molecule has 0 saturated heterocycles. The molecule has 1 aliphatic rings. The first-order valence-corrected chi connectivity index (χ1v) is 8.76. The molecule has 0 amide bonds. The number of rotatable bonds is 7. The van der Waals surface area contributed by atoms with Gasteiger partial charge in [0.15, 0.2) is 0 Å². The van der Waals surface area contributed by atoms with Gasteiger partial charge in [0.1, 0.15) is 0 Å². The van der Waals surface area contributed by atoms with Gasteiger partial charge in [0.05, 0.1) is 0 Å². The van der Waals surface area contributed by atoms with Crippen LogP contribution < -0.4 is 5.73 Å². The molecule has 1 saturated carbocycles. The lowest BCUT2D eigenvalue weighted by Gasteiger charge is -2.49. The maximum atomic E-state index is 6.27. The van der Waals surface area contributed by atoms with Crippen LogP contribution in [-0.4, -0.2) is 30.1 Å². The summed E-state index contributed by atoms with van der Waals surface area (Å²) in [6.45, 7) is 17.3. The molecule has 0 bridgehead atoms. The molecule has 0 heterocycles. The maximum absolute atomic E-state index is 6.27. The fourth-order valence-electron chi connectivity index (χ4n) is 3.84. The SMILES string of the molecule is CC(C)CN(CC(C)C)C1(CN)CCC(C(C)C)CC1. The molecule has 2 nitrogen and oxygen atoms in total. The van der Waals surface area contributed by atoms with Gasteiger partial charge in [0.2, 0.25) is 0 Å². The van der Waals surface area contributed by atoms with Crippen LogP contribution in [0.25, 0.3) is 0 Å². The van der Waals surface area contributed by atoms with Gasteiger partial charge in [-0.25, -0.2) is 0 Å². The van der Waals surface area contributed by atoms with Crippen molar-refractivity contribution in [3.63, 3.8) is 0 Å². The summed E-state index contributed by atoms with van der Waals surface area (Å²) in [7, 11) is 0. The molecule has 0 aromatic carbocycles. The van der Waals surface area contributed by atoms with Crippen LogP contribution in [0.1, 0.15) is 67.2 Å². The Hall–Kier alpha value is -0.0800. The van der Waals surface area contributed by atoms with E-state index in [4.69, 9.17) is 5.73 Å². The molecule has 0 atom stereocenters. The minimum atomic E-state index is 0.278. The zero-order valence-corrected chi connectivity index (χ0v) is 14.8. The van der Waals surface area contributed by atoms with Crippen LogP contribution in [0, 0.1) is 23.7 Å². The van der Waals surface area contributed by atoms with E-state index in [1.54, 1.807) is 0 Å². The molecule has 120 valence electrons. The van der Waals surface area contributed by atoms with Gasteiger partial charge in [-0.1, -0.05) is 41.5 Å². The van der Waals surface area contributed by atoms with Gasteiger partial charge in [-0.05, 0) is 49.4 Å². The van der Waals surface area contributed by atoms with Crippen molar-refractivity contribution >= 4 is 0 Å². The monoisotopic (exact) mass is 282 g/mol. The van der Waals surface area contributed by atoms with Gasteiger partial charge >= 0.3 is 0 Å². The van der Waals surface area contributed by atoms with Crippen molar-refractivity contribution in [1.82, 2.24) is 4.90 Å². The van der Waals surface area contributed by atoms with Gasteiger partial charge in [0.25, 0.3) is 0 Å². The minimum Gasteiger partial charge on any atom is -0.329 e. The zero-order valence-electron chi connectivity index (χ0n) is 14.8. The molecule has 0 aromatic rings. The fraction of sp³-hybridized carbons (Fsp3) is 1.00. The third kappa shape index (κ3) is 4.73. The van der Waals surface area contributed by atoms with E-state index in [0.29, 0.717) is 0 Å². The van der Waals surface area contributed by atoms with E-state index in [1.165, 1.54) is 38.8 Å². The van der Waals surface area contributed by atoms with Crippen LogP contribution in [0.4, 0.5) is 0 Å². The number of hydrogen-bond acceptors (Lipinski definition) is 2. The lowest BCUT2D eigenvalue weighted by atomic mass is 9.71. The summed E-state index contributed by atoms with van der Waals surface area (Å²) in [6.07, 6.45) is 5.32. The molecule has 2 N–H and O–H groups in total. The fourth-order valence-corrected chi connectivity index (χ4v) is 3.84. The number of hydrogen-bond donors (Lipinski definition) is 1. The first-order valence-electron chi connectivity index (χ1n) is 8.76. The molecule has 2 heteroatoms. The Morgan fingerprint density at radius 2 is 1.40 bits per heavy atom. The Morgan fingerprint density at radius 1 is 0.950 bits per heavy atom. The highest BCUT2D eigenvalue weighted by Crippen LogP contribution is 2.39. The largest absolute Gasteiger partial charge is 0.329 e. The summed E-state index contributed by atoms with van der Waals surface area (Å²) in [5, 5.41) is 0. The topological polar surface area (TPSA) is 29.3 Å². The van der Waals surface area contributed by atoms with E-state index >= 15 is 0 Å². The van der Waals surface area contributed by atoms with Crippen molar-refractivity contribution in [3.05, 3.63) is 0 Å². The summed E-state index contributed by atoms with van der Waals surface area (Å²) >= 11 is 0. The zero-order chi connectivity index (χ0) is 15.3. The van der Waals surface area contributed by atoms with Gasteiger partial charge in [-0.15, -0.1) is 0 Å². The second-order valence-corrected chi connectivity index (χ2v) is 8.20. The maximum Gasteiger partial charge on any atom is 0.0332 e. The summed E-state index contributed by atoms with van der Waals surface area (Å²) in [6, 6.07) is 0. The highest BCUT2D eigenvalue weighted by molar-refractivity contribution is 4.96. The molecule has 0 unspecified atom stereocenters. The van der Waals surface area contributed by atoms with Crippen molar-refractivity contribution in [2.24, 2.45) is 29.4 Å². The molecular formula is C18H38N2. The predicted octanol–water partition coefficient (Wildman–Crippen LogP) is 4.14. The van der Waals surface area contributed by atoms with E-state index < -0.39 is 0 Å². The molecule has 0 radical (unpaired) electrons. The van der Waals surface area contributed by atoms with Crippen molar-refractivity contribution < 1.29 is 0 Å². The van der Waals surface area contributed by atoms with E-state index in [0.717, 1.165) is 30.2 Å². The number of nitrogens with two attached hydrogens (primary N) is 1. The van der Waals surface area contributed by atoms with E-state index in [2.05, 4.69) is 46.4 Å². The second kappa shape index (κ2) is 7.79. The summed E-state index contributed by atoms with van der Waals surface area (Å²) in [4.78, 5) is 2.74. The van der Waals surface area contributed by atoms with Gasteiger partial charge in [-0.3, -0.25) is 4.90 Å². The van der Waals surface area contributed by atoms with Crippen LogP contribution >= 0.6 is 0 Å². The lowest BCUT2D eigenvalue weighted by molar-refractivity contribution is 0.0181. The van der Waals surface area contributed by atoms with Crippen molar-refractivity contribution in [3.8, 4) is 0 Å². The summed E-state index contributed by atoms with van der Waals surface area (Å²) in [5.74, 6) is 3.18. The first kappa shape index (κ1) is 18.0. The van der Waals surface area contributed by atoms with Crippen LogP contribution in [0.15, 0.2) is 0 Å². The lowest BCUT2D eigenvalue weighted by Crippen LogP contribution is -2.57. The van der Waals surface area contributed by atoms with Gasteiger partial charge in [0, 0.05) is 25.2 Å². The third-order valence-electron chi connectivity index (χ3n) is 5.13. The van der Waals surface area contributed by atoms with Gasteiger partial charge < -0.3 is 5.73 Å². The van der Waals surface area contributed by atoms with Crippen LogP contribution in [0.2, 0.25) is 0 Å². The smallest absolute Gasteiger partial charge is 0.0332 e. The molecule has 0 aromatic heterocycles. The van der Waals surface area contributed by atoms with Gasteiger partial charge in [-0.2, -0.15) is 0 Å². The Balaban J connectivity index is 2.78. The molecule has 1 aliphatic carbocycles. The summed E-state index contributed by atoms with van der Waals surface area (Å²) < 4.78 is 0. The Labute approximate surface area is 127 Å². The highest BCUT2D eigenvalue weighted by Gasteiger charge is 2.39. The first-order chi connectivity index (χ1) is 9.30. The Morgan fingerprint density at radius 3 is 1.70 bits per heavy atom. The van der Waals surface area contributed by atoms with E-state index in [9.17, 15) is 0 Å².